The van der Waals surface area contributed by atoms with Crippen molar-refractivity contribution in [1.82, 2.24) is 5.32 Å². The van der Waals surface area contributed by atoms with E-state index in [1.807, 2.05) is 25.1 Å². The third-order valence-corrected chi connectivity index (χ3v) is 6.41. The largest absolute Gasteiger partial charge is 0.489 e. The lowest BCUT2D eigenvalue weighted by Crippen LogP contribution is -2.46. The topological polar surface area (TPSA) is 72.5 Å². The standard InChI is InChI=1S/C20H23NO4S/c1-15-5-3-6-16(11-15)13-25-18-8-4-7-17(12-18)19(22)21-20(2)9-10-26(23,24)14-20/h3-8,11-12H,9-10,13-14H2,1-2H3,(H,21,22)/t20-/m1/s1. The summed E-state index contributed by atoms with van der Waals surface area (Å²) in [5.41, 5.74) is 1.97. The van der Waals surface area contributed by atoms with Crippen LogP contribution in [0, 0.1) is 6.92 Å². The first-order chi connectivity index (χ1) is 12.2. The molecule has 5 nitrogen and oxygen atoms in total. The summed E-state index contributed by atoms with van der Waals surface area (Å²) in [5.74, 6) is 0.410. The summed E-state index contributed by atoms with van der Waals surface area (Å²) in [7, 11) is -3.07. The number of carbonyl (C=O) groups is 1. The lowest BCUT2D eigenvalue weighted by atomic mass is 10.0. The van der Waals surface area contributed by atoms with Crippen molar-refractivity contribution in [2.45, 2.75) is 32.4 Å². The molecule has 1 aliphatic rings. The summed E-state index contributed by atoms with van der Waals surface area (Å²) in [6, 6.07) is 15.0. The molecule has 0 saturated carbocycles. The van der Waals surface area contributed by atoms with Crippen LogP contribution in [0.25, 0.3) is 0 Å². The predicted molar refractivity (Wildman–Crippen MR) is 101 cm³/mol. The highest BCUT2D eigenvalue weighted by molar-refractivity contribution is 7.91. The Labute approximate surface area is 154 Å². The molecule has 2 aromatic carbocycles. The molecular formula is C20H23NO4S. The lowest BCUT2D eigenvalue weighted by Gasteiger charge is -2.24. The number of nitrogens with one attached hydrogen (secondary N) is 1. The quantitative estimate of drug-likeness (QED) is 0.875. The Hall–Kier alpha value is -2.34. The highest BCUT2D eigenvalue weighted by Crippen LogP contribution is 2.24. The summed E-state index contributed by atoms with van der Waals surface area (Å²) in [4.78, 5) is 12.5. The highest BCUT2D eigenvalue weighted by atomic mass is 32.2. The van der Waals surface area contributed by atoms with Gasteiger partial charge in [0.25, 0.3) is 5.91 Å². The third-order valence-electron chi connectivity index (χ3n) is 4.50. The summed E-state index contributed by atoms with van der Waals surface area (Å²) >= 11 is 0. The van der Waals surface area contributed by atoms with Crippen LogP contribution in [0.15, 0.2) is 48.5 Å². The van der Waals surface area contributed by atoms with E-state index in [1.54, 1.807) is 31.2 Å². The minimum absolute atomic E-state index is 0.0186. The van der Waals surface area contributed by atoms with Crippen LogP contribution >= 0.6 is 0 Å². The lowest BCUT2D eigenvalue weighted by molar-refractivity contribution is 0.0915. The monoisotopic (exact) mass is 373 g/mol. The first kappa shape index (κ1) is 18.5. The molecule has 0 aromatic heterocycles. The van der Waals surface area contributed by atoms with Gasteiger partial charge in [0.05, 0.1) is 17.0 Å². The Morgan fingerprint density at radius 3 is 2.65 bits per heavy atom. The Balaban J connectivity index is 1.66. The van der Waals surface area contributed by atoms with E-state index in [0.717, 1.165) is 5.56 Å². The molecule has 1 amide bonds. The van der Waals surface area contributed by atoms with Crippen molar-refractivity contribution >= 4 is 15.7 Å². The van der Waals surface area contributed by atoms with Crippen molar-refractivity contribution in [3.05, 3.63) is 65.2 Å². The number of sulfone groups is 1. The second-order valence-electron chi connectivity index (χ2n) is 7.16. The van der Waals surface area contributed by atoms with Gasteiger partial charge in [-0.25, -0.2) is 8.42 Å². The molecule has 0 bridgehead atoms. The highest BCUT2D eigenvalue weighted by Gasteiger charge is 2.39. The minimum Gasteiger partial charge on any atom is -0.489 e. The van der Waals surface area contributed by atoms with Gasteiger partial charge in [-0.3, -0.25) is 4.79 Å². The smallest absolute Gasteiger partial charge is 0.251 e. The van der Waals surface area contributed by atoms with Gasteiger partial charge in [-0.2, -0.15) is 0 Å². The number of hydrogen-bond acceptors (Lipinski definition) is 4. The Bertz CT molecular complexity index is 923. The van der Waals surface area contributed by atoms with Crippen molar-refractivity contribution in [2.24, 2.45) is 0 Å². The summed E-state index contributed by atoms with van der Waals surface area (Å²) < 4.78 is 29.2. The molecule has 1 fully saturated rings. The molecule has 138 valence electrons. The number of benzene rings is 2. The van der Waals surface area contributed by atoms with E-state index >= 15 is 0 Å². The molecule has 1 N–H and O–H groups in total. The molecule has 0 unspecified atom stereocenters. The Morgan fingerprint density at radius 2 is 1.96 bits per heavy atom. The number of carbonyl (C=O) groups excluding carboxylic acids is 1. The van der Waals surface area contributed by atoms with Crippen molar-refractivity contribution < 1.29 is 17.9 Å². The molecule has 0 spiro atoms. The van der Waals surface area contributed by atoms with Crippen molar-refractivity contribution in [1.29, 1.82) is 0 Å². The SMILES string of the molecule is Cc1cccc(COc2cccc(C(=O)N[C@]3(C)CCS(=O)(=O)C3)c2)c1. The number of ether oxygens (including phenoxy) is 1. The average Bonchev–Trinajstić information content (AvgIpc) is 2.86. The fourth-order valence-corrected chi connectivity index (χ4v) is 5.24. The van der Waals surface area contributed by atoms with Gasteiger partial charge in [-0.15, -0.1) is 0 Å². The molecule has 1 heterocycles. The molecule has 2 aromatic rings. The molecule has 1 aliphatic heterocycles. The van der Waals surface area contributed by atoms with Crippen molar-refractivity contribution in [2.75, 3.05) is 11.5 Å². The first-order valence-electron chi connectivity index (χ1n) is 8.56. The van der Waals surface area contributed by atoms with Gasteiger partial charge in [0.2, 0.25) is 0 Å². The molecule has 0 radical (unpaired) electrons. The van der Waals surface area contributed by atoms with Crippen LogP contribution in [0.2, 0.25) is 0 Å². The van der Waals surface area contributed by atoms with Gasteiger partial charge in [0, 0.05) is 5.56 Å². The third kappa shape index (κ3) is 4.64. The maximum absolute atomic E-state index is 12.5. The van der Waals surface area contributed by atoms with Gasteiger partial charge in [0.15, 0.2) is 9.84 Å². The van der Waals surface area contributed by atoms with Crippen LogP contribution in [0.3, 0.4) is 0 Å². The van der Waals surface area contributed by atoms with Crippen LogP contribution in [0.5, 0.6) is 5.75 Å². The normalized spacial score (nSPS) is 21.3. The molecule has 3 rings (SSSR count). The summed E-state index contributed by atoms with van der Waals surface area (Å²) in [6.07, 6.45) is 0.435. The second-order valence-corrected chi connectivity index (χ2v) is 9.35. The van der Waals surface area contributed by atoms with Crippen LogP contribution in [0.1, 0.15) is 34.8 Å². The van der Waals surface area contributed by atoms with E-state index < -0.39 is 15.4 Å². The fourth-order valence-electron chi connectivity index (χ4n) is 3.15. The van der Waals surface area contributed by atoms with Gasteiger partial charge >= 0.3 is 0 Å². The molecule has 6 heteroatoms. The number of hydrogen-bond donors (Lipinski definition) is 1. The van der Waals surface area contributed by atoms with Gasteiger partial charge in [-0.1, -0.05) is 35.9 Å². The fraction of sp³-hybridized carbons (Fsp3) is 0.350. The maximum atomic E-state index is 12.5. The molecule has 1 atom stereocenters. The first-order valence-corrected chi connectivity index (χ1v) is 10.4. The number of amides is 1. The van der Waals surface area contributed by atoms with E-state index in [-0.39, 0.29) is 17.4 Å². The Kier molecular flexibility index (Phi) is 5.05. The number of rotatable bonds is 5. The van der Waals surface area contributed by atoms with Gasteiger partial charge in [-0.05, 0) is 44.0 Å². The van der Waals surface area contributed by atoms with Crippen molar-refractivity contribution in [3.8, 4) is 5.75 Å². The van der Waals surface area contributed by atoms with Crippen LogP contribution in [-0.4, -0.2) is 31.4 Å². The van der Waals surface area contributed by atoms with Gasteiger partial charge in [0.1, 0.15) is 12.4 Å². The minimum atomic E-state index is -3.07. The zero-order valence-electron chi connectivity index (χ0n) is 15.0. The second kappa shape index (κ2) is 7.11. The molecular weight excluding hydrogens is 350 g/mol. The Morgan fingerprint density at radius 1 is 1.19 bits per heavy atom. The van der Waals surface area contributed by atoms with Crippen LogP contribution in [-0.2, 0) is 16.4 Å². The van der Waals surface area contributed by atoms with E-state index in [0.29, 0.717) is 24.3 Å². The van der Waals surface area contributed by atoms with E-state index in [2.05, 4.69) is 11.4 Å². The zero-order valence-corrected chi connectivity index (χ0v) is 15.8. The molecule has 26 heavy (non-hydrogen) atoms. The summed E-state index contributed by atoms with van der Waals surface area (Å²) in [6.45, 7) is 4.22. The summed E-state index contributed by atoms with van der Waals surface area (Å²) in [5, 5.41) is 2.86. The zero-order chi connectivity index (χ0) is 18.8. The molecule has 0 aliphatic carbocycles. The van der Waals surface area contributed by atoms with E-state index in [1.165, 1.54) is 5.56 Å². The van der Waals surface area contributed by atoms with Gasteiger partial charge < -0.3 is 10.1 Å². The average molecular weight is 373 g/mol. The number of aryl methyl sites for hydroxylation is 1. The van der Waals surface area contributed by atoms with E-state index in [4.69, 9.17) is 4.74 Å². The predicted octanol–water partition coefficient (Wildman–Crippen LogP) is 2.88. The van der Waals surface area contributed by atoms with Crippen LogP contribution < -0.4 is 10.1 Å². The van der Waals surface area contributed by atoms with Crippen molar-refractivity contribution in [3.63, 3.8) is 0 Å². The van der Waals surface area contributed by atoms with E-state index in [9.17, 15) is 13.2 Å². The maximum Gasteiger partial charge on any atom is 0.251 e. The van der Waals surface area contributed by atoms with Crippen LogP contribution in [0.4, 0.5) is 0 Å². The molecule has 1 saturated heterocycles.